The third-order valence-electron chi connectivity index (χ3n) is 3.33. The topological polar surface area (TPSA) is 85.5 Å². The molecule has 0 radical (unpaired) electrons. The van der Waals surface area contributed by atoms with Gasteiger partial charge in [-0.2, -0.15) is 0 Å². The average molecular weight is 301 g/mol. The zero-order valence-corrected chi connectivity index (χ0v) is 11.4. The first-order chi connectivity index (χ1) is 10.6. The highest BCUT2D eigenvalue weighted by atomic mass is 19.1. The van der Waals surface area contributed by atoms with Gasteiger partial charge in [0.05, 0.1) is 17.9 Å². The second kappa shape index (κ2) is 5.44. The number of aromatic nitrogens is 1. The number of primary amides is 1. The number of anilines is 1. The van der Waals surface area contributed by atoms with Gasteiger partial charge in [0.2, 0.25) is 0 Å². The maximum Gasteiger partial charge on any atom is 0.415 e. The second-order valence-electron chi connectivity index (χ2n) is 4.76. The highest BCUT2D eigenvalue weighted by Gasteiger charge is 2.36. The molecular weight excluding hydrogens is 289 g/mol. The summed E-state index contributed by atoms with van der Waals surface area (Å²) in [5.41, 5.74) is 6.22. The number of nitrogens with zero attached hydrogens (tertiary/aromatic N) is 2. The fraction of sp³-hybridized carbons (Fsp3) is 0.133. The maximum atomic E-state index is 14.3. The van der Waals surface area contributed by atoms with Crippen LogP contribution >= 0.6 is 0 Å². The summed E-state index contributed by atoms with van der Waals surface area (Å²) in [7, 11) is 0. The number of carbonyl (C=O) groups excluding carboxylic acids is 2. The molecule has 1 aliphatic heterocycles. The molecule has 2 heterocycles. The van der Waals surface area contributed by atoms with E-state index in [1.54, 1.807) is 30.5 Å². The van der Waals surface area contributed by atoms with Gasteiger partial charge < -0.3 is 10.5 Å². The molecule has 2 amide bonds. The van der Waals surface area contributed by atoms with Crippen molar-refractivity contribution in [2.24, 2.45) is 5.73 Å². The van der Waals surface area contributed by atoms with Crippen molar-refractivity contribution in [2.75, 3.05) is 11.4 Å². The van der Waals surface area contributed by atoms with Gasteiger partial charge in [0.1, 0.15) is 5.82 Å². The third kappa shape index (κ3) is 2.48. The smallest absolute Gasteiger partial charge is 0.415 e. The quantitative estimate of drug-likeness (QED) is 0.935. The Kier molecular flexibility index (Phi) is 3.46. The van der Waals surface area contributed by atoms with E-state index in [1.165, 1.54) is 17.0 Å². The number of rotatable bonds is 3. The van der Waals surface area contributed by atoms with E-state index in [1.807, 2.05) is 0 Å². The first kappa shape index (κ1) is 14.0. The Hall–Kier alpha value is -2.96. The largest absolute Gasteiger partial charge is 0.434 e. The molecule has 1 aromatic heterocycles. The van der Waals surface area contributed by atoms with Crippen LogP contribution in [0.5, 0.6) is 0 Å². The van der Waals surface area contributed by atoms with Crippen molar-refractivity contribution in [1.82, 2.24) is 4.98 Å². The number of pyridine rings is 1. The van der Waals surface area contributed by atoms with Crippen LogP contribution in [0.1, 0.15) is 0 Å². The normalized spacial score (nSPS) is 17.4. The fourth-order valence-corrected chi connectivity index (χ4v) is 2.22. The lowest BCUT2D eigenvalue weighted by Gasteiger charge is -2.13. The number of cyclic esters (lactones) is 1. The Morgan fingerprint density at radius 3 is 2.77 bits per heavy atom. The molecule has 22 heavy (non-hydrogen) atoms. The lowest BCUT2D eigenvalue weighted by Crippen LogP contribution is -2.32. The summed E-state index contributed by atoms with van der Waals surface area (Å²) < 4.78 is 19.1. The van der Waals surface area contributed by atoms with Gasteiger partial charge in [0, 0.05) is 11.8 Å². The van der Waals surface area contributed by atoms with Gasteiger partial charge in [0.15, 0.2) is 6.10 Å². The van der Waals surface area contributed by atoms with E-state index >= 15 is 0 Å². The molecule has 1 aromatic carbocycles. The number of hydrogen-bond acceptors (Lipinski definition) is 4. The van der Waals surface area contributed by atoms with Crippen molar-refractivity contribution in [2.45, 2.75) is 6.10 Å². The van der Waals surface area contributed by atoms with E-state index in [9.17, 15) is 14.0 Å². The summed E-state index contributed by atoms with van der Waals surface area (Å²) in [5.74, 6) is -1.26. The van der Waals surface area contributed by atoms with Crippen molar-refractivity contribution in [3.63, 3.8) is 0 Å². The summed E-state index contributed by atoms with van der Waals surface area (Å²) in [6.45, 7) is -0.0312. The van der Waals surface area contributed by atoms with E-state index in [4.69, 9.17) is 10.5 Å². The number of halogens is 1. The molecule has 1 atom stereocenters. The zero-order valence-electron chi connectivity index (χ0n) is 11.4. The van der Waals surface area contributed by atoms with E-state index < -0.39 is 23.9 Å². The third-order valence-corrected chi connectivity index (χ3v) is 3.33. The van der Waals surface area contributed by atoms with Gasteiger partial charge in [-0.3, -0.25) is 14.7 Å². The summed E-state index contributed by atoms with van der Waals surface area (Å²) in [6.07, 6.45) is -0.183. The maximum absolute atomic E-state index is 14.3. The molecule has 2 N–H and O–H groups in total. The van der Waals surface area contributed by atoms with Crippen LogP contribution < -0.4 is 10.6 Å². The molecule has 1 aliphatic rings. The summed E-state index contributed by atoms with van der Waals surface area (Å²) in [5, 5.41) is 0. The fourth-order valence-electron chi connectivity index (χ4n) is 2.22. The van der Waals surface area contributed by atoms with Gasteiger partial charge in [-0.05, 0) is 30.3 Å². The number of hydrogen-bond donors (Lipinski definition) is 1. The predicted molar refractivity (Wildman–Crippen MR) is 76.4 cm³/mol. The molecule has 7 heteroatoms. The van der Waals surface area contributed by atoms with Crippen molar-refractivity contribution in [1.29, 1.82) is 0 Å². The Morgan fingerprint density at radius 2 is 2.18 bits per heavy atom. The molecule has 3 rings (SSSR count). The van der Waals surface area contributed by atoms with Crippen LogP contribution in [0, 0.1) is 5.82 Å². The summed E-state index contributed by atoms with van der Waals surface area (Å²) >= 11 is 0. The van der Waals surface area contributed by atoms with Crippen LogP contribution in [-0.2, 0) is 9.53 Å². The van der Waals surface area contributed by atoms with Crippen molar-refractivity contribution in [3.8, 4) is 11.3 Å². The predicted octanol–water partition coefficient (Wildman–Crippen LogP) is 1.70. The van der Waals surface area contributed by atoms with Gasteiger partial charge >= 0.3 is 6.09 Å². The van der Waals surface area contributed by atoms with Crippen LogP contribution in [0.4, 0.5) is 14.9 Å². The lowest BCUT2D eigenvalue weighted by atomic mass is 10.1. The molecule has 112 valence electrons. The Bertz CT molecular complexity index is 736. The highest BCUT2D eigenvalue weighted by Crippen LogP contribution is 2.27. The van der Waals surface area contributed by atoms with Gasteiger partial charge in [0.25, 0.3) is 5.91 Å². The molecule has 0 spiro atoms. The number of nitrogens with two attached hydrogens (primary N) is 1. The van der Waals surface area contributed by atoms with Crippen LogP contribution in [0.15, 0.2) is 42.6 Å². The zero-order chi connectivity index (χ0) is 15.7. The average Bonchev–Trinajstić information content (AvgIpc) is 2.90. The molecule has 1 saturated heterocycles. The van der Waals surface area contributed by atoms with Gasteiger partial charge in [-0.25, -0.2) is 9.18 Å². The van der Waals surface area contributed by atoms with Crippen LogP contribution in [0.3, 0.4) is 0 Å². The minimum atomic E-state index is -1.02. The molecule has 0 unspecified atom stereocenters. The first-order valence-electron chi connectivity index (χ1n) is 6.54. The van der Waals surface area contributed by atoms with Crippen molar-refractivity contribution in [3.05, 3.63) is 48.4 Å². The number of amides is 2. The molecule has 0 bridgehead atoms. The summed E-state index contributed by atoms with van der Waals surface area (Å²) in [4.78, 5) is 28.0. The minimum Gasteiger partial charge on any atom is -0.434 e. The van der Waals surface area contributed by atoms with Crippen molar-refractivity contribution >= 4 is 17.7 Å². The van der Waals surface area contributed by atoms with Crippen molar-refractivity contribution < 1.29 is 18.7 Å². The van der Waals surface area contributed by atoms with E-state index in [2.05, 4.69) is 4.98 Å². The molecule has 6 nitrogen and oxygen atoms in total. The molecule has 2 aromatic rings. The molecular formula is C15H12FN3O3. The van der Waals surface area contributed by atoms with E-state index in [0.717, 1.165) is 0 Å². The number of benzene rings is 1. The highest BCUT2D eigenvalue weighted by molar-refractivity contribution is 5.95. The van der Waals surface area contributed by atoms with E-state index in [-0.39, 0.29) is 6.54 Å². The van der Waals surface area contributed by atoms with Crippen LogP contribution in [0.2, 0.25) is 0 Å². The van der Waals surface area contributed by atoms with Gasteiger partial charge in [-0.1, -0.05) is 6.07 Å². The van der Waals surface area contributed by atoms with Crippen LogP contribution in [0.25, 0.3) is 11.3 Å². The molecule has 0 saturated carbocycles. The summed E-state index contributed by atoms with van der Waals surface area (Å²) in [6, 6.07) is 9.47. The second-order valence-corrected chi connectivity index (χ2v) is 4.76. The Morgan fingerprint density at radius 1 is 1.36 bits per heavy atom. The monoisotopic (exact) mass is 301 g/mol. The number of ether oxygens (including phenoxy) is 1. The number of carbonyl (C=O) groups is 2. The molecule has 1 fully saturated rings. The first-order valence-corrected chi connectivity index (χ1v) is 6.54. The van der Waals surface area contributed by atoms with Gasteiger partial charge in [-0.15, -0.1) is 0 Å². The standard InChI is InChI=1S/C15H12FN3O3/c16-11-7-9(19-8-13(14(17)20)22-15(19)21)4-5-10(11)12-3-1-2-6-18-12/h1-7,13H,8H2,(H2,17,20)/t13-/m1/s1. The Labute approximate surface area is 125 Å². The van der Waals surface area contributed by atoms with Crippen LogP contribution in [-0.4, -0.2) is 29.6 Å². The molecule has 0 aliphatic carbocycles. The minimum absolute atomic E-state index is 0.0312. The SMILES string of the molecule is NC(=O)[C@H]1CN(c2ccc(-c3ccccn3)c(F)c2)C(=O)O1. The Balaban J connectivity index is 1.90. The van der Waals surface area contributed by atoms with E-state index in [0.29, 0.717) is 16.9 Å². The lowest BCUT2D eigenvalue weighted by molar-refractivity contribution is -0.124.